The molecule has 0 aliphatic carbocycles. The summed E-state index contributed by atoms with van der Waals surface area (Å²) in [4.78, 5) is 21.4. The van der Waals surface area contributed by atoms with E-state index in [1.165, 1.54) is 6.20 Å². The van der Waals surface area contributed by atoms with E-state index in [1.807, 2.05) is 0 Å². The van der Waals surface area contributed by atoms with Gasteiger partial charge in [0.1, 0.15) is 24.4 Å². The third-order valence-electron chi connectivity index (χ3n) is 3.37. The van der Waals surface area contributed by atoms with E-state index in [-0.39, 0.29) is 16.2 Å². The minimum absolute atomic E-state index is 0.0451. The number of hydrazine groups is 1. The van der Waals surface area contributed by atoms with Crippen molar-refractivity contribution in [2.45, 2.75) is 32.6 Å². The molecule has 9 heteroatoms. The van der Waals surface area contributed by atoms with Crippen LogP contribution in [0.3, 0.4) is 0 Å². The van der Waals surface area contributed by atoms with Crippen LogP contribution in [0, 0.1) is 6.92 Å². The van der Waals surface area contributed by atoms with Crippen molar-refractivity contribution in [2.24, 2.45) is 11.7 Å². The summed E-state index contributed by atoms with van der Waals surface area (Å²) in [5.41, 5.74) is 2.23. The second-order valence-electron chi connectivity index (χ2n) is 4.95. The zero-order valence-electron chi connectivity index (χ0n) is 12.0. The zero-order chi connectivity index (χ0) is 15.9. The summed E-state index contributed by atoms with van der Waals surface area (Å²) in [5.74, 6) is 10.2. The Balaban J connectivity index is 0.000000219. The van der Waals surface area contributed by atoms with Crippen molar-refractivity contribution in [3.63, 3.8) is 0 Å². The number of nitrogens with zero attached hydrogens (tertiary/aromatic N) is 2. The number of rotatable bonds is 1. The molecule has 2 amide bonds. The van der Waals surface area contributed by atoms with Crippen molar-refractivity contribution >= 4 is 12.0 Å². The van der Waals surface area contributed by atoms with E-state index in [9.17, 15) is 9.59 Å². The number of carboxylic acids is 1. The number of hydrogen-bond donors (Lipinski definition) is 4. The molecular weight excluding hydrogens is 278 g/mol. The lowest BCUT2D eigenvalue weighted by atomic mass is 10.2. The van der Waals surface area contributed by atoms with E-state index in [2.05, 4.69) is 15.1 Å². The van der Waals surface area contributed by atoms with Gasteiger partial charge < -0.3 is 9.63 Å². The van der Waals surface area contributed by atoms with Crippen LogP contribution < -0.4 is 17.1 Å². The Morgan fingerprint density at radius 2 is 1.90 bits per heavy atom. The van der Waals surface area contributed by atoms with Gasteiger partial charge in [-0.05, 0) is 32.6 Å². The molecule has 9 nitrogen and oxygen atoms in total. The molecular formula is C12H22N5O4+. The number of amides is 2. The first-order chi connectivity index (χ1) is 9.90. The number of urea groups is 1. The van der Waals surface area contributed by atoms with Crippen LogP contribution in [-0.2, 0) is 0 Å². The maximum atomic E-state index is 11.3. The first-order valence-electron chi connectivity index (χ1n) is 6.72. The predicted molar refractivity (Wildman–Crippen MR) is 73.6 cm³/mol. The molecule has 1 saturated heterocycles. The highest BCUT2D eigenvalue weighted by Gasteiger charge is 2.33. The lowest BCUT2D eigenvalue weighted by Crippen LogP contribution is -2.64. The molecule has 6 N–H and O–H groups in total. The van der Waals surface area contributed by atoms with Crippen molar-refractivity contribution in [3.05, 3.63) is 17.5 Å². The second-order valence-corrected chi connectivity index (χ2v) is 4.95. The van der Waals surface area contributed by atoms with Crippen LogP contribution in [0.5, 0.6) is 0 Å². The van der Waals surface area contributed by atoms with E-state index >= 15 is 0 Å². The largest absolute Gasteiger partial charge is 0.478 e. The summed E-state index contributed by atoms with van der Waals surface area (Å²) in [6, 6.07) is -0.281. The number of nitrogens with one attached hydrogen (secondary N) is 1. The van der Waals surface area contributed by atoms with Crippen LogP contribution in [0.4, 0.5) is 4.79 Å². The molecule has 0 unspecified atom stereocenters. The number of hydrogen-bond acceptors (Lipinski definition) is 6. The Morgan fingerprint density at radius 3 is 2.24 bits per heavy atom. The molecule has 0 bridgehead atoms. The van der Waals surface area contributed by atoms with Gasteiger partial charge >= 0.3 is 12.0 Å². The molecule has 1 fully saturated rings. The minimum atomic E-state index is -1.01. The van der Waals surface area contributed by atoms with Gasteiger partial charge in [-0.25, -0.2) is 20.9 Å². The number of quaternary nitrogens is 1. The summed E-state index contributed by atoms with van der Waals surface area (Å²) >= 11 is 0. The number of carbonyl (C=O) groups is 2. The fraction of sp³-hybridized carbons (Fsp3) is 0.583. The van der Waals surface area contributed by atoms with Crippen molar-refractivity contribution in [2.75, 3.05) is 13.1 Å². The maximum Gasteiger partial charge on any atom is 0.449 e. The highest BCUT2D eigenvalue weighted by atomic mass is 16.5. The third-order valence-corrected chi connectivity index (χ3v) is 3.37. The average Bonchev–Trinajstić information content (AvgIpc) is 2.76. The van der Waals surface area contributed by atoms with Crippen molar-refractivity contribution in [3.8, 4) is 0 Å². The van der Waals surface area contributed by atoms with E-state index in [0.717, 1.165) is 25.7 Å². The van der Waals surface area contributed by atoms with Crippen LogP contribution in [0.2, 0.25) is 0 Å². The molecule has 0 radical (unpaired) electrons. The molecule has 2 heterocycles. The number of aryl methyl sites for hydroxylation is 1. The Bertz CT molecular complexity index is 480. The molecule has 2 rings (SSSR count). The third kappa shape index (κ3) is 4.81. The fourth-order valence-corrected chi connectivity index (χ4v) is 2.09. The number of carboxylic acid groups (broad SMARTS) is 1. The summed E-state index contributed by atoms with van der Waals surface area (Å²) in [6.07, 6.45) is 5.51. The summed E-state index contributed by atoms with van der Waals surface area (Å²) in [5, 5.41) is 11.6. The van der Waals surface area contributed by atoms with Crippen LogP contribution in [0.1, 0.15) is 41.8 Å². The quantitative estimate of drug-likeness (QED) is 0.256. The Labute approximate surface area is 122 Å². The van der Waals surface area contributed by atoms with Gasteiger partial charge in [-0.3, -0.25) is 0 Å². The Hall–Kier alpha value is -1.97. The highest BCUT2D eigenvalue weighted by Crippen LogP contribution is 2.13. The van der Waals surface area contributed by atoms with Crippen molar-refractivity contribution in [1.29, 1.82) is 0 Å². The topological polar surface area (TPSA) is 144 Å². The molecule has 1 aromatic heterocycles. The monoisotopic (exact) mass is 300 g/mol. The van der Waals surface area contributed by atoms with Gasteiger partial charge in [0.25, 0.3) is 0 Å². The summed E-state index contributed by atoms with van der Waals surface area (Å²) in [7, 11) is 0. The van der Waals surface area contributed by atoms with Gasteiger partial charge in [0.2, 0.25) is 0 Å². The van der Waals surface area contributed by atoms with Gasteiger partial charge in [-0.2, -0.15) is 10.4 Å². The Kier molecular flexibility index (Phi) is 6.28. The van der Waals surface area contributed by atoms with Crippen molar-refractivity contribution in [1.82, 2.24) is 10.6 Å². The minimum Gasteiger partial charge on any atom is -0.478 e. The van der Waals surface area contributed by atoms with Gasteiger partial charge in [0.05, 0.1) is 6.20 Å². The summed E-state index contributed by atoms with van der Waals surface area (Å²) < 4.78 is 4.45. The number of likely N-dealkylation sites (tertiary alicyclic amines) is 1. The number of aromatic carboxylic acids is 1. The van der Waals surface area contributed by atoms with Crippen LogP contribution >= 0.6 is 0 Å². The van der Waals surface area contributed by atoms with Crippen LogP contribution in [0.25, 0.3) is 0 Å². The van der Waals surface area contributed by atoms with Crippen LogP contribution in [0.15, 0.2) is 10.7 Å². The number of nitrogens with two attached hydrogens (primary N) is 2. The van der Waals surface area contributed by atoms with Crippen LogP contribution in [-0.4, -0.2) is 39.9 Å². The predicted octanol–water partition coefficient (Wildman–Crippen LogP) is 0.515. The van der Waals surface area contributed by atoms with E-state index in [4.69, 9.17) is 16.8 Å². The molecule has 1 aliphatic rings. The molecule has 0 spiro atoms. The molecule has 1 aliphatic heterocycles. The molecule has 1 aromatic rings. The van der Waals surface area contributed by atoms with E-state index in [0.29, 0.717) is 18.8 Å². The highest BCUT2D eigenvalue weighted by molar-refractivity contribution is 5.88. The molecule has 0 aromatic carbocycles. The first kappa shape index (κ1) is 17.1. The van der Waals surface area contributed by atoms with Crippen molar-refractivity contribution < 1.29 is 23.8 Å². The fourth-order valence-electron chi connectivity index (χ4n) is 2.09. The summed E-state index contributed by atoms with van der Waals surface area (Å²) in [6.45, 7) is 2.95. The van der Waals surface area contributed by atoms with Gasteiger partial charge in [-0.1, -0.05) is 5.16 Å². The van der Waals surface area contributed by atoms with Gasteiger partial charge in [-0.15, -0.1) is 0 Å². The zero-order valence-corrected chi connectivity index (χ0v) is 12.0. The lowest BCUT2D eigenvalue weighted by molar-refractivity contribution is -0.862. The molecule has 21 heavy (non-hydrogen) atoms. The SMILES string of the molecule is Cc1oncc1C(=O)O.NNC(=O)[N+]1(N)CCCCCC1. The van der Waals surface area contributed by atoms with Gasteiger partial charge in [0.15, 0.2) is 0 Å². The molecule has 0 saturated carbocycles. The average molecular weight is 300 g/mol. The molecule has 0 atom stereocenters. The molecule has 118 valence electrons. The standard InChI is InChI=1S/C7H16N4O.C5H5NO3/c8-10-7(12)11(9)5-3-1-2-4-6-11;1-3-4(5(7)8)2-6-9-3/h1-6,8-9H2;2H,1H3,(H,7,8)/p+1. The smallest absolute Gasteiger partial charge is 0.449 e. The van der Waals surface area contributed by atoms with E-state index < -0.39 is 5.97 Å². The van der Waals surface area contributed by atoms with E-state index in [1.54, 1.807) is 6.92 Å². The first-order valence-corrected chi connectivity index (χ1v) is 6.72. The normalized spacial score (nSPS) is 17.1. The van der Waals surface area contributed by atoms with Gasteiger partial charge in [0, 0.05) is 0 Å². The lowest BCUT2D eigenvalue weighted by Gasteiger charge is -2.27. The second kappa shape index (κ2) is 7.72. The Morgan fingerprint density at radius 1 is 1.33 bits per heavy atom. The maximum absolute atomic E-state index is 11.3. The number of carbonyl (C=O) groups excluding carboxylic acids is 1. The number of aromatic nitrogens is 1.